The van der Waals surface area contributed by atoms with E-state index in [0.717, 1.165) is 32.0 Å². The van der Waals surface area contributed by atoms with Gasteiger partial charge in [0.15, 0.2) is 0 Å². The Morgan fingerprint density at radius 3 is 2.79 bits per heavy atom. The topological polar surface area (TPSA) is 60.1 Å². The van der Waals surface area contributed by atoms with Crippen LogP contribution in [0.5, 0.6) is 0 Å². The number of anilines is 1. The molecule has 4 rings (SSSR count). The van der Waals surface area contributed by atoms with Crippen LogP contribution < -0.4 is 11.0 Å². The van der Waals surface area contributed by atoms with Gasteiger partial charge in [0.1, 0.15) is 11.4 Å². The van der Waals surface area contributed by atoms with Crippen molar-refractivity contribution in [1.29, 1.82) is 0 Å². The molecule has 4 aromatic rings. The highest BCUT2D eigenvalue weighted by molar-refractivity contribution is 9.10. The zero-order chi connectivity index (χ0) is 16.8. The number of benzene rings is 2. The third-order valence-corrected chi connectivity index (χ3v) is 4.79. The van der Waals surface area contributed by atoms with Gasteiger partial charge < -0.3 is 9.73 Å². The minimum atomic E-state index is -0.334. The van der Waals surface area contributed by atoms with Gasteiger partial charge in [0.2, 0.25) is 0 Å². The summed E-state index contributed by atoms with van der Waals surface area (Å²) in [5, 5.41) is 4.73. The molecule has 0 bridgehead atoms. The molecule has 0 saturated heterocycles. The van der Waals surface area contributed by atoms with Crippen molar-refractivity contribution in [2.75, 3.05) is 12.4 Å². The van der Waals surface area contributed by atoms with Crippen molar-refractivity contribution in [2.45, 2.75) is 6.92 Å². The van der Waals surface area contributed by atoms with Crippen LogP contribution in [0, 0.1) is 6.92 Å². The molecule has 0 spiro atoms. The van der Waals surface area contributed by atoms with Crippen LogP contribution in [0.15, 0.2) is 56.3 Å². The number of hydrogen-bond acceptors (Lipinski definition) is 4. The molecule has 0 saturated carbocycles. The molecule has 0 aliphatic carbocycles. The number of nitrogens with zero attached hydrogens (tertiary/aromatic N) is 2. The quantitative estimate of drug-likeness (QED) is 0.562. The Morgan fingerprint density at radius 1 is 1.25 bits per heavy atom. The fourth-order valence-corrected chi connectivity index (χ4v) is 3.54. The van der Waals surface area contributed by atoms with Crippen LogP contribution in [0.4, 0.5) is 5.82 Å². The predicted octanol–water partition coefficient (Wildman–Crippen LogP) is 4.24. The maximum absolute atomic E-state index is 12.7. The van der Waals surface area contributed by atoms with E-state index in [-0.39, 0.29) is 5.69 Å². The summed E-state index contributed by atoms with van der Waals surface area (Å²) in [6, 6.07) is 11.6. The Morgan fingerprint density at radius 2 is 2.04 bits per heavy atom. The Balaban J connectivity index is 2.27. The summed E-state index contributed by atoms with van der Waals surface area (Å²) in [7, 11) is 1.75. The number of rotatable bonds is 2. The highest BCUT2D eigenvalue weighted by Gasteiger charge is 2.18. The Kier molecular flexibility index (Phi) is 3.42. The van der Waals surface area contributed by atoms with Crippen molar-refractivity contribution in [1.82, 2.24) is 9.55 Å². The van der Waals surface area contributed by atoms with Gasteiger partial charge in [0.05, 0.1) is 22.9 Å². The molecule has 24 heavy (non-hydrogen) atoms. The van der Waals surface area contributed by atoms with E-state index in [0.29, 0.717) is 11.4 Å². The van der Waals surface area contributed by atoms with E-state index in [9.17, 15) is 4.79 Å². The van der Waals surface area contributed by atoms with Gasteiger partial charge in [0.25, 0.3) is 0 Å². The standard InChI is InChI=1S/C18H14BrN3O2/c1-10-5-3-4-6-13(10)22-14-9-12(19)11-7-8-24-16(11)15(14)17(20-2)21-18(22)23/h3-9H,1-2H3,(H,20,21,23). The summed E-state index contributed by atoms with van der Waals surface area (Å²) in [6.07, 6.45) is 1.64. The molecule has 0 amide bonds. The van der Waals surface area contributed by atoms with Gasteiger partial charge in [0, 0.05) is 16.9 Å². The SMILES string of the molecule is CNc1nc(=O)n(-c2ccccc2C)c2cc(Br)c3ccoc3c12. The van der Waals surface area contributed by atoms with Gasteiger partial charge in [-0.15, -0.1) is 0 Å². The highest BCUT2D eigenvalue weighted by atomic mass is 79.9. The number of fused-ring (bicyclic) bond motifs is 3. The zero-order valence-electron chi connectivity index (χ0n) is 13.1. The lowest BCUT2D eigenvalue weighted by Gasteiger charge is -2.15. The smallest absolute Gasteiger partial charge is 0.354 e. The average Bonchev–Trinajstić information content (AvgIpc) is 3.05. The van der Waals surface area contributed by atoms with Crippen molar-refractivity contribution in [2.24, 2.45) is 0 Å². The molecular formula is C18H14BrN3O2. The van der Waals surface area contributed by atoms with Crippen LogP contribution in [-0.4, -0.2) is 16.6 Å². The van der Waals surface area contributed by atoms with Crippen LogP contribution in [-0.2, 0) is 0 Å². The number of aryl methyl sites for hydroxylation is 1. The van der Waals surface area contributed by atoms with E-state index in [4.69, 9.17) is 4.42 Å². The lowest BCUT2D eigenvalue weighted by atomic mass is 10.1. The molecule has 1 N–H and O–H groups in total. The van der Waals surface area contributed by atoms with E-state index in [1.807, 2.05) is 43.3 Å². The van der Waals surface area contributed by atoms with E-state index in [2.05, 4.69) is 26.2 Å². The second-order valence-corrected chi connectivity index (χ2v) is 6.39. The lowest BCUT2D eigenvalue weighted by molar-refractivity contribution is 0.619. The number of aromatic nitrogens is 2. The molecule has 120 valence electrons. The number of para-hydroxylation sites is 1. The molecule has 0 unspecified atom stereocenters. The molecule has 2 aromatic carbocycles. The van der Waals surface area contributed by atoms with Gasteiger partial charge >= 0.3 is 5.69 Å². The third-order valence-electron chi connectivity index (χ3n) is 4.14. The van der Waals surface area contributed by atoms with Crippen molar-refractivity contribution >= 4 is 43.6 Å². The first-order chi connectivity index (χ1) is 11.6. The molecule has 5 nitrogen and oxygen atoms in total. The summed E-state index contributed by atoms with van der Waals surface area (Å²) >= 11 is 3.58. The fraction of sp³-hybridized carbons (Fsp3) is 0.111. The Labute approximate surface area is 146 Å². The van der Waals surface area contributed by atoms with Crippen molar-refractivity contribution in [3.63, 3.8) is 0 Å². The third kappa shape index (κ3) is 2.06. The fourth-order valence-electron chi connectivity index (χ4n) is 3.02. The minimum absolute atomic E-state index is 0.334. The summed E-state index contributed by atoms with van der Waals surface area (Å²) in [5.74, 6) is 0.507. The first-order valence-corrected chi connectivity index (χ1v) is 8.27. The molecule has 6 heteroatoms. The van der Waals surface area contributed by atoms with Gasteiger partial charge in [-0.25, -0.2) is 4.79 Å². The Hall–Kier alpha value is -2.60. The summed E-state index contributed by atoms with van der Waals surface area (Å²) in [5.41, 5.74) is 2.90. The van der Waals surface area contributed by atoms with Crippen LogP contribution in [0.1, 0.15) is 5.56 Å². The second-order valence-electron chi connectivity index (χ2n) is 5.53. The average molecular weight is 384 g/mol. The van der Waals surface area contributed by atoms with E-state index >= 15 is 0 Å². The van der Waals surface area contributed by atoms with Crippen LogP contribution >= 0.6 is 15.9 Å². The summed E-state index contributed by atoms with van der Waals surface area (Å²) in [6.45, 7) is 1.97. The molecule has 0 fully saturated rings. The molecule has 0 aliphatic heterocycles. The van der Waals surface area contributed by atoms with Gasteiger partial charge in [-0.2, -0.15) is 4.98 Å². The number of halogens is 1. The molecule has 2 heterocycles. The van der Waals surface area contributed by atoms with E-state index in [1.165, 1.54) is 0 Å². The minimum Gasteiger partial charge on any atom is -0.463 e. The van der Waals surface area contributed by atoms with Crippen molar-refractivity contribution < 1.29 is 4.42 Å². The van der Waals surface area contributed by atoms with Crippen LogP contribution in [0.3, 0.4) is 0 Å². The van der Waals surface area contributed by atoms with E-state index in [1.54, 1.807) is 17.9 Å². The van der Waals surface area contributed by atoms with Crippen molar-refractivity contribution in [3.05, 3.63) is 63.2 Å². The normalized spacial score (nSPS) is 11.3. The van der Waals surface area contributed by atoms with Gasteiger partial charge in [-0.3, -0.25) is 4.57 Å². The number of nitrogens with one attached hydrogen (secondary N) is 1. The van der Waals surface area contributed by atoms with Crippen LogP contribution in [0.25, 0.3) is 27.6 Å². The molecule has 2 aromatic heterocycles. The number of furan rings is 1. The maximum atomic E-state index is 12.7. The zero-order valence-corrected chi connectivity index (χ0v) is 14.7. The molecule has 0 atom stereocenters. The summed E-state index contributed by atoms with van der Waals surface area (Å²) < 4.78 is 8.18. The largest absolute Gasteiger partial charge is 0.463 e. The molecular weight excluding hydrogens is 370 g/mol. The molecule has 0 radical (unpaired) electrons. The van der Waals surface area contributed by atoms with Gasteiger partial charge in [-0.1, -0.05) is 18.2 Å². The van der Waals surface area contributed by atoms with E-state index < -0.39 is 0 Å². The first-order valence-electron chi connectivity index (χ1n) is 7.48. The highest BCUT2D eigenvalue weighted by Crippen LogP contribution is 2.36. The summed E-state index contributed by atoms with van der Waals surface area (Å²) in [4.78, 5) is 16.9. The second kappa shape index (κ2) is 5.49. The lowest BCUT2D eigenvalue weighted by Crippen LogP contribution is -2.23. The van der Waals surface area contributed by atoms with Gasteiger partial charge in [-0.05, 0) is 46.6 Å². The van der Waals surface area contributed by atoms with Crippen LogP contribution in [0.2, 0.25) is 0 Å². The predicted molar refractivity (Wildman–Crippen MR) is 99.1 cm³/mol. The first kappa shape index (κ1) is 15.0. The maximum Gasteiger partial charge on any atom is 0.354 e. The Bertz CT molecular complexity index is 1140. The number of hydrogen-bond donors (Lipinski definition) is 1. The van der Waals surface area contributed by atoms with Crippen molar-refractivity contribution in [3.8, 4) is 5.69 Å². The monoisotopic (exact) mass is 383 g/mol. The molecule has 0 aliphatic rings.